The van der Waals surface area contributed by atoms with Gasteiger partial charge < -0.3 is 16.0 Å². The summed E-state index contributed by atoms with van der Waals surface area (Å²) >= 11 is 0. The van der Waals surface area contributed by atoms with Crippen LogP contribution in [0.4, 0.5) is 0 Å². The molecule has 1 aliphatic carbocycles. The fourth-order valence-electron chi connectivity index (χ4n) is 3.11. The number of hydrogen-bond acceptors (Lipinski definition) is 4. The van der Waals surface area contributed by atoms with Crippen LogP contribution in [-0.4, -0.2) is 67.1 Å². The maximum absolute atomic E-state index is 11.5. The summed E-state index contributed by atoms with van der Waals surface area (Å²) in [4.78, 5) is 16.5. The standard InChI is InChI=1S/C15H30N4O/c1-3-13-11-18(2)8-4-9-19(13)10-7-14(15(16)20)17-12-5-6-12/h12-14,17H,3-11H2,1-2H3,(H2,16,20). The summed E-state index contributed by atoms with van der Waals surface area (Å²) in [7, 11) is 2.20. The second kappa shape index (κ2) is 7.38. The van der Waals surface area contributed by atoms with Gasteiger partial charge in [-0.05, 0) is 52.2 Å². The minimum absolute atomic E-state index is 0.152. The van der Waals surface area contributed by atoms with Crippen LogP contribution in [0.5, 0.6) is 0 Å². The Labute approximate surface area is 122 Å². The van der Waals surface area contributed by atoms with Gasteiger partial charge in [-0.25, -0.2) is 0 Å². The molecule has 0 aromatic heterocycles. The SMILES string of the molecule is CCC1CN(C)CCCN1CCC(NC1CC1)C(N)=O. The van der Waals surface area contributed by atoms with Gasteiger partial charge in [-0.2, -0.15) is 0 Å². The van der Waals surface area contributed by atoms with Gasteiger partial charge >= 0.3 is 0 Å². The molecule has 2 atom stereocenters. The Hall–Kier alpha value is -0.650. The third-order valence-electron chi connectivity index (χ3n) is 4.56. The highest BCUT2D eigenvalue weighted by Gasteiger charge is 2.28. The van der Waals surface area contributed by atoms with Crippen LogP contribution in [0.25, 0.3) is 0 Å². The van der Waals surface area contributed by atoms with E-state index in [4.69, 9.17) is 5.73 Å². The van der Waals surface area contributed by atoms with Gasteiger partial charge in [-0.3, -0.25) is 9.69 Å². The Morgan fingerprint density at radius 1 is 1.40 bits per heavy atom. The lowest BCUT2D eigenvalue weighted by Crippen LogP contribution is -2.46. The lowest BCUT2D eigenvalue weighted by atomic mass is 10.1. The minimum atomic E-state index is -0.197. The number of carbonyl (C=O) groups is 1. The van der Waals surface area contributed by atoms with Crippen molar-refractivity contribution in [3.8, 4) is 0 Å². The van der Waals surface area contributed by atoms with Crippen molar-refractivity contribution >= 4 is 5.91 Å². The van der Waals surface area contributed by atoms with Gasteiger partial charge in [0, 0.05) is 25.2 Å². The maximum atomic E-state index is 11.5. The molecule has 20 heavy (non-hydrogen) atoms. The summed E-state index contributed by atoms with van der Waals surface area (Å²) in [5.41, 5.74) is 5.52. The van der Waals surface area contributed by atoms with Crippen LogP contribution in [0, 0.1) is 0 Å². The smallest absolute Gasteiger partial charge is 0.234 e. The van der Waals surface area contributed by atoms with E-state index in [1.165, 1.54) is 32.2 Å². The molecule has 116 valence electrons. The average molecular weight is 282 g/mol. The second-order valence-corrected chi connectivity index (χ2v) is 6.40. The lowest BCUT2D eigenvalue weighted by molar-refractivity contribution is -0.120. The second-order valence-electron chi connectivity index (χ2n) is 6.40. The van der Waals surface area contributed by atoms with Crippen molar-refractivity contribution in [2.75, 3.05) is 33.2 Å². The van der Waals surface area contributed by atoms with Crippen molar-refractivity contribution in [3.05, 3.63) is 0 Å². The van der Waals surface area contributed by atoms with Crippen molar-refractivity contribution in [1.82, 2.24) is 15.1 Å². The quantitative estimate of drug-likeness (QED) is 0.709. The van der Waals surface area contributed by atoms with Crippen LogP contribution in [0.1, 0.15) is 39.0 Å². The zero-order valence-corrected chi connectivity index (χ0v) is 13.0. The van der Waals surface area contributed by atoms with Crippen molar-refractivity contribution in [2.24, 2.45) is 5.73 Å². The number of nitrogens with one attached hydrogen (secondary N) is 1. The molecule has 1 saturated carbocycles. The van der Waals surface area contributed by atoms with E-state index in [0.717, 1.165) is 26.1 Å². The van der Waals surface area contributed by atoms with Crippen LogP contribution in [-0.2, 0) is 4.79 Å². The van der Waals surface area contributed by atoms with Crippen LogP contribution in [0.15, 0.2) is 0 Å². The van der Waals surface area contributed by atoms with E-state index in [9.17, 15) is 4.79 Å². The monoisotopic (exact) mass is 282 g/mol. The van der Waals surface area contributed by atoms with Crippen LogP contribution < -0.4 is 11.1 Å². The summed E-state index contributed by atoms with van der Waals surface area (Å²) in [6.07, 6.45) is 5.60. The van der Waals surface area contributed by atoms with Crippen molar-refractivity contribution in [3.63, 3.8) is 0 Å². The number of hydrogen-bond donors (Lipinski definition) is 2. The first-order valence-corrected chi connectivity index (χ1v) is 8.08. The van der Waals surface area contributed by atoms with E-state index < -0.39 is 0 Å². The predicted octanol–water partition coefficient (Wildman–Crippen LogP) is 0.399. The summed E-state index contributed by atoms with van der Waals surface area (Å²) in [6, 6.07) is 0.989. The summed E-state index contributed by atoms with van der Waals surface area (Å²) in [5.74, 6) is -0.197. The third kappa shape index (κ3) is 4.72. The van der Waals surface area contributed by atoms with E-state index >= 15 is 0 Å². The zero-order chi connectivity index (χ0) is 14.5. The summed E-state index contributed by atoms with van der Waals surface area (Å²) in [6.45, 7) is 6.67. The van der Waals surface area contributed by atoms with Crippen molar-refractivity contribution < 1.29 is 4.79 Å². The zero-order valence-electron chi connectivity index (χ0n) is 13.0. The Morgan fingerprint density at radius 2 is 2.15 bits per heavy atom. The number of nitrogens with two attached hydrogens (primary N) is 1. The fourth-order valence-corrected chi connectivity index (χ4v) is 3.11. The molecular formula is C15H30N4O. The molecule has 0 aromatic carbocycles. The van der Waals surface area contributed by atoms with Crippen LogP contribution in [0.3, 0.4) is 0 Å². The van der Waals surface area contributed by atoms with Crippen molar-refractivity contribution in [2.45, 2.75) is 57.2 Å². The minimum Gasteiger partial charge on any atom is -0.368 e. The van der Waals surface area contributed by atoms with E-state index in [-0.39, 0.29) is 11.9 Å². The number of nitrogens with zero attached hydrogens (tertiary/aromatic N) is 2. The van der Waals surface area contributed by atoms with Gasteiger partial charge in [0.05, 0.1) is 6.04 Å². The molecule has 0 aromatic rings. The van der Waals surface area contributed by atoms with Gasteiger partial charge in [0.2, 0.25) is 5.91 Å². The molecule has 1 saturated heterocycles. The molecular weight excluding hydrogens is 252 g/mol. The summed E-state index contributed by atoms with van der Waals surface area (Å²) in [5, 5.41) is 3.38. The highest BCUT2D eigenvalue weighted by Crippen LogP contribution is 2.20. The van der Waals surface area contributed by atoms with Crippen LogP contribution in [0.2, 0.25) is 0 Å². The largest absolute Gasteiger partial charge is 0.368 e. The third-order valence-corrected chi connectivity index (χ3v) is 4.56. The number of rotatable bonds is 7. The Bertz CT molecular complexity index is 319. The lowest BCUT2D eigenvalue weighted by Gasteiger charge is -2.31. The topological polar surface area (TPSA) is 61.6 Å². The molecule has 5 nitrogen and oxygen atoms in total. The van der Waals surface area contributed by atoms with Gasteiger partial charge in [0.1, 0.15) is 0 Å². The highest BCUT2D eigenvalue weighted by atomic mass is 16.1. The number of likely N-dealkylation sites (N-methyl/N-ethyl adjacent to an activating group) is 1. The molecule has 2 unspecified atom stereocenters. The van der Waals surface area contributed by atoms with Gasteiger partial charge in [-0.1, -0.05) is 6.92 Å². The molecule has 1 heterocycles. The Morgan fingerprint density at radius 3 is 2.75 bits per heavy atom. The predicted molar refractivity (Wildman–Crippen MR) is 81.5 cm³/mol. The molecule has 2 aliphatic rings. The van der Waals surface area contributed by atoms with E-state index in [2.05, 4.69) is 29.1 Å². The Kier molecular flexibility index (Phi) is 5.81. The first kappa shape index (κ1) is 15.7. The molecule has 0 spiro atoms. The van der Waals surface area contributed by atoms with E-state index in [0.29, 0.717) is 12.1 Å². The first-order chi connectivity index (χ1) is 9.60. The summed E-state index contributed by atoms with van der Waals surface area (Å²) < 4.78 is 0. The van der Waals surface area contributed by atoms with Crippen molar-refractivity contribution in [1.29, 1.82) is 0 Å². The van der Waals surface area contributed by atoms with Crippen LogP contribution >= 0.6 is 0 Å². The number of amides is 1. The Balaban J connectivity index is 1.84. The molecule has 2 fully saturated rings. The normalized spacial score (nSPS) is 27.2. The molecule has 0 radical (unpaired) electrons. The molecule has 1 aliphatic heterocycles. The molecule has 1 amide bonds. The van der Waals surface area contributed by atoms with Gasteiger partial charge in [-0.15, -0.1) is 0 Å². The maximum Gasteiger partial charge on any atom is 0.234 e. The highest BCUT2D eigenvalue weighted by molar-refractivity contribution is 5.79. The number of primary amides is 1. The molecule has 5 heteroatoms. The molecule has 3 N–H and O–H groups in total. The average Bonchev–Trinajstić information content (AvgIpc) is 3.22. The van der Waals surface area contributed by atoms with Gasteiger partial charge in [0.15, 0.2) is 0 Å². The number of carbonyl (C=O) groups excluding carboxylic acids is 1. The van der Waals surface area contributed by atoms with E-state index in [1.54, 1.807) is 0 Å². The van der Waals surface area contributed by atoms with Gasteiger partial charge in [0.25, 0.3) is 0 Å². The first-order valence-electron chi connectivity index (χ1n) is 8.08. The molecule has 0 bridgehead atoms. The molecule has 2 rings (SSSR count). The van der Waals surface area contributed by atoms with E-state index in [1.807, 2.05) is 0 Å². The fraction of sp³-hybridized carbons (Fsp3) is 0.933.